The number of aromatic nitrogens is 2. The molecular weight excluding hydrogens is 362 g/mol. The number of carbonyl (C=O) groups excluding carboxylic acids is 1. The number of hydrogen-bond donors (Lipinski definition) is 1. The lowest BCUT2D eigenvalue weighted by molar-refractivity contribution is -0.124. The van der Waals surface area contributed by atoms with Gasteiger partial charge in [-0.15, -0.1) is 0 Å². The van der Waals surface area contributed by atoms with Gasteiger partial charge < -0.3 is 19.5 Å². The van der Waals surface area contributed by atoms with Crippen LogP contribution in [0.15, 0.2) is 35.1 Å². The van der Waals surface area contributed by atoms with E-state index in [-0.39, 0.29) is 5.91 Å². The van der Waals surface area contributed by atoms with Gasteiger partial charge in [-0.1, -0.05) is 0 Å². The Morgan fingerprint density at radius 1 is 1.21 bits per heavy atom. The second kappa shape index (κ2) is 10.5. The first-order valence-corrected chi connectivity index (χ1v) is 9.19. The molecule has 1 aromatic carbocycles. The smallest absolute Gasteiger partial charge is 0.271 e. The van der Waals surface area contributed by atoms with Crippen LogP contribution in [0.3, 0.4) is 0 Å². The molecule has 0 radical (unpaired) electrons. The number of benzene rings is 1. The van der Waals surface area contributed by atoms with Gasteiger partial charge in [-0.25, -0.2) is 4.68 Å². The Morgan fingerprint density at radius 3 is 2.54 bits per heavy atom. The van der Waals surface area contributed by atoms with Crippen LogP contribution in [0, 0.1) is 0 Å². The maximum atomic E-state index is 12.4. The van der Waals surface area contributed by atoms with E-state index in [1.165, 1.54) is 17.9 Å². The molecule has 0 aliphatic carbocycles. The first kappa shape index (κ1) is 21.4. The summed E-state index contributed by atoms with van der Waals surface area (Å²) in [4.78, 5) is 24.9. The molecule has 1 unspecified atom stereocenters. The van der Waals surface area contributed by atoms with Gasteiger partial charge in [-0.3, -0.25) is 9.59 Å². The molecule has 2 aromatic rings. The van der Waals surface area contributed by atoms with E-state index in [1.54, 1.807) is 26.2 Å². The number of nitrogens with one attached hydrogen (secondary N) is 1. The van der Waals surface area contributed by atoms with Crippen LogP contribution in [0.4, 0.5) is 0 Å². The van der Waals surface area contributed by atoms with Crippen LogP contribution < -0.4 is 20.3 Å². The van der Waals surface area contributed by atoms with Crippen molar-refractivity contribution in [3.63, 3.8) is 0 Å². The second-order valence-corrected chi connectivity index (χ2v) is 6.09. The Kier molecular flexibility index (Phi) is 8.01. The molecule has 1 heterocycles. The molecule has 0 aliphatic heterocycles. The number of methoxy groups -OCH3 is 2. The van der Waals surface area contributed by atoms with Gasteiger partial charge in [0.2, 0.25) is 5.91 Å². The van der Waals surface area contributed by atoms with Crippen molar-refractivity contribution in [2.24, 2.45) is 0 Å². The van der Waals surface area contributed by atoms with E-state index in [9.17, 15) is 9.59 Å². The monoisotopic (exact) mass is 389 g/mol. The van der Waals surface area contributed by atoms with E-state index >= 15 is 0 Å². The molecule has 152 valence electrons. The van der Waals surface area contributed by atoms with Crippen molar-refractivity contribution >= 4 is 5.91 Å². The predicted octanol–water partition coefficient (Wildman–Crippen LogP) is 2.03. The van der Waals surface area contributed by atoms with Crippen LogP contribution in [0.2, 0.25) is 0 Å². The third-order valence-electron chi connectivity index (χ3n) is 4.22. The summed E-state index contributed by atoms with van der Waals surface area (Å²) >= 11 is 0. The van der Waals surface area contributed by atoms with E-state index < -0.39 is 11.6 Å². The minimum atomic E-state index is -0.762. The van der Waals surface area contributed by atoms with Crippen molar-refractivity contribution in [3.8, 4) is 22.8 Å². The molecular formula is C20H27N3O5. The topological polar surface area (TPSA) is 91.7 Å². The van der Waals surface area contributed by atoms with Gasteiger partial charge in [-0.2, -0.15) is 5.10 Å². The van der Waals surface area contributed by atoms with Crippen LogP contribution >= 0.6 is 0 Å². The van der Waals surface area contributed by atoms with Crippen molar-refractivity contribution in [1.29, 1.82) is 0 Å². The third-order valence-corrected chi connectivity index (χ3v) is 4.22. The van der Waals surface area contributed by atoms with E-state index in [4.69, 9.17) is 14.2 Å². The molecule has 0 fully saturated rings. The third kappa shape index (κ3) is 5.32. The molecule has 0 saturated carbocycles. The van der Waals surface area contributed by atoms with Gasteiger partial charge in [-0.05, 0) is 44.5 Å². The van der Waals surface area contributed by atoms with E-state index in [1.807, 2.05) is 19.1 Å². The van der Waals surface area contributed by atoms with Crippen molar-refractivity contribution in [2.45, 2.75) is 26.3 Å². The van der Waals surface area contributed by atoms with E-state index in [0.29, 0.717) is 43.4 Å². The Hall–Kier alpha value is -2.87. The largest absolute Gasteiger partial charge is 0.497 e. The molecule has 0 bridgehead atoms. The number of hydrogen-bond acceptors (Lipinski definition) is 6. The van der Waals surface area contributed by atoms with Crippen molar-refractivity contribution in [1.82, 2.24) is 15.1 Å². The number of ether oxygens (including phenoxy) is 3. The number of carbonyl (C=O) groups is 1. The molecule has 8 heteroatoms. The quantitative estimate of drug-likeness (QED) is 0.625. The predicted molar refractivity (Wildman–Crippen MR) is 106 cm³/mol. The highest BCUT2D eigenvalue weighted by atomic mass is 16.5. The van der Waals surface area contributed by atoms with E-state index in [2.05, 4.69) is 10.4 Å². The van der Waals surface area contributed by atoms with Crippen LogP contribution in [0.1, 0.15) is 26.3 Å². The van der Waals surface area contributed by atoms with Gasteiger partial charge in [0.05, 0.1) is 14.2 Å². The van der Waals surface area contributed by atoms with Crippen molar-refractivity contribution in [3.05, 3.63) is 40.7 Å². The summed E-state index contributed by atoms with van der Waals surface area (Å²) in [7, 11) is 3.06. The highest BCUT2D eigenvalue weighted by molar-refractivity contribution is 5.79. The molecule has 0 saturated heterocycles. The van der Waals surface area contributed by atoms with E-state index in [0.717, 1.165) is 5.56 Å². The summed E-state index contributed by atoms with van der Waals surface area (Å²) in [6.07, 6.45) is 0.703. The highest BCUT2D eigenvalue weighted by Crippen LogP contribution is 2.28. The highest BCUT2D eigenvalue weighted by Gasteiger charge is 2.20. The Labute approximate surface area is 164 Å². The van der Waals surface area contributed by atoms with Crippen molar-refractivity contribution in [2.75, 3.05) is 34.0 Å². The summed E-state index contributed by atoms with van der Waals surface area (Å²) in [5, 5.41) is 7.20. The average Bonchev–Trinajstić information content (AvgIpc) is 2.72. The Balaban J connectivity index is 2.24. The number of rotatable bonds is 10. The molecule has 1 aromatic heterocycles. The lowest BCUT2D eigenvalue weighted by Gasteiger charge is -2.17. The molecule has 1 N–H and O–H groups in total. The number of amides is 1. The zero-order chi connectivity index (χ0) is 20.5. The first-order valence-electron chi connectivity index (χ1n) is 9.19. The normalized spacial score (nSPS) is 11.7. The first-order chi connectivity index (χ1) is 13.5. The lowest BCUT2D eigenvalue weighted by atomic mass is 10.1. The summed E-state index contributed by atoms with van der Waals surface area (Å²) < 4.78 is 16.9. The molecule has 28 heavy (non-hydrogen) atoms. The van der Waals surface area contributed by atoms with Crippen LogP contribution in [0.5, 0.6) is 11.5 Å². The SMILES string of the molecule is CCOCCCNC(=O)C(C)n1nc(-c2ccc(OC)cc2)c(OC)cc1=O. The summed E-state index contributed by atoms with van der Waals surface area (Å²) in [5.74, 6) is 0.767. The van der Waals surface area contributed by atoms with Crippen LogP contribution in [0.25, 0.3) is 11.3 Å². The molecule has 0 aliphatic rings. The fourth-order valence-electron chi connectivity index (χ4n) is 2.62. The summed E-state index contributed by atoms with van der Waals surface area (Å²) in [6, 6.07) is 7.79. The van der Waals surface area contributed by atoms with Crippen LogP contribution in [-0.4, -0.2) is 49.7 Å². The van der Waals surface area contributed by atoms with Crippen molar-refractivity contribution < 1.29 is 19.0 Å². The molecule has 8 nitrogen and oxygen atoms in total. The Bertz CT molecular complexity index is 833. The number of nitrogens with zero attached hydrogens (tertiary/aromatic N) is 2. The Morgan fingerprint density at radius 2 is 1.93 bits per heavy atom. The standard InChI is InChI=1S/C20H27N3O5/c1-5-28-12-6-11-21-20(25)14(2)23-18(24)13-17(27-4)19(22-23)15-7-9-16(26-3)10-8-15/h7-10,13-14H,5-6,11-12H2,1-4H3,(H,21,25). The van der Waals surface area contributed by atoms with Crippen LogP contribution in [-0.2, 0) is 9.53 Å². The summed E-state index contributed by atoms with van der Waals surface area (Å²) in [5.41, 5.74) is 0.808. The zero-order valence-corrected chi connectivity index (χ0v) is 16.7. The fourth-order valence-corrected chi connectivity index (χ4v) is 2.62. The average molecular weight is 389 g/mol. The minimum absolute atomic E-state index is 0.281. The summed E-state index contributed by atoms with van der Waals surface area (Å²) in [6.45, 7) is 5.25. The van der Waals surface area contributed by atoms with Gasteiger partial charge >= 0.3 is 0 Å². The van der Waals surface area contributed by atoms with Gasteiger partial charge in [0.25, 0.3) is 5.56 Å². The lowest BCUT2D eigenvalue weighted by Crippen LogP contribution is -2.37. The maximum absolute atomic E-state index is 12.4. The zero-order valence-electron chi connectivity index (χ0n) is 16.7. The minimum Gasteiger partial charge on any atom is -0.497 e. The molecule has 0 spiro atoms. The molecule has 1 atom stereocenters. The van der Waals surface area contributed by atoms with Gasteiger partial charge in [0, 0.05) is 31.4 Å². The van der Waals surface area contributed by atoms with Gasteiger partial charge in [0.15, 0.2) is 5.75 Å². The fraction of sp³-hybridized carbons (Fsp3) is 0.450. The second-order valence-electron chi connectivity index (χ2n) is 6.09. The molecule has 1 amide bonds. The maximum Gasteiger partial charge on any atom is 0.271 e. The van der Waals surface area contributed by atoms with Gasteiger partial charge in [0.1, 0.15) is 17.5 Å². The molecule has 2 rings (SSSR count).